The second kappa shape index (κ2) is 7.54. The lowest BCUT2D eigenvalue weighted by Gasteiger charge is -2.43. The van der Waals surface area contributed by atoms with E-state index in [9.17, 15) is 9.18 Å². The molecule has 0 radical (unpaired) electrons. The monoisotopic (exact) mass is 374 g/mol. The molecule has 3 rings (SSSR count). The Labute approximate surface area is 151 Å². The molecule has 0 aliphatic carbocycles. The number of carbonyl (C=O) groups is 1. The van der Waals surface area contributed by atoms with Crippen LogP contribution in [0.4, 0.5) is 4.39 Å². The summed E-state index contributed by atoms with van der Waals surface area (Å²) in [5.74, 6) is -0.366. The molecular formula is C16H21Cl2FN4O. The Morgan fingerprint density at radius 2 is 2.00 bits per heavy atom. The molecule has 8 heteroatoms. The van der Waals surface area contributed by atoms with E-state index in [2.05, 4.69) is 15.2 Å². The van der Waals surface area contributed by atoms with Gasteiger partial charge in [-0.3, -0.25) is 19.6 Å². The molecule has 0 bridgehead atoms. The Morgan fingerprint density at radius 1 is 1.29 bits per heavy atom. The minimum absolute atomic E-state index is 0.00946. The van der Waals surface area contributed by atoms with E-state index < -0.39 is 5.38 Å². The summed E-state index contributed by atoms with van der Waals surface area (Å²) in [7, 11) is 1.69. The molecule has 1 aromatic carbocycles. The first-order chi connectivity index (χ1) is 11.5. The third-order valence-electron chi connectivity index (χ3n) is 4.73. The van der Waals surface area contributed by atoms with Crippen molar-refractivity contribution in [2.75, 3.05) is 39.8 Å². The number of halogens is 3. The molecule has 2 unspecified atom stereocenters. The van der Waals surface area contributed by atoms with Crippen molar-refractivity contribution in [3.05, 3.63) is 34.6 Å². The molecule has 132 valence electrons. The van der Waals surface area contributed by atoms with Crippen LogP contribution in [0, 0.1) is 5.82 Å². The summed E-state index contributed by atoms with van der Waals surface area (Å²) < 4.78 is 13.9. The van der Waals surface area contributed by atoms with Crippen LogP contribution < -0.4 is 5.43 Å². The number of rotatable bonds is 3. The summed E-state index contributed by atoms with van der Waals surface area (Å²) in [6, 6.07) is 4.79. The van der Waals surface area contributed by atoms with E-state index in [1.165, 1.54) is 11.1 Å². The van der Waals surface area contributed by atoms with Crippen LogP contribution in [0.25, 0.3) is 0 Å². The number of benzene rings is 1. The Morgan fingerprint density at radius 3 is 2.67 bits per heavy atom. The zero-order chi connectivity index (χ0) is 17.3. The summed E-state index contributed by atoms with van der Waals surface area (Å²) >= 11 is 12.1. The first-order valence-corrected chi connectivity index (χ1v) is 8.82. The van der Waals surface area contributed by atoms with Crippen molar-refractivity contribution in [2.24, 2.45) is 0 Å². The fraction of sp³-hybridized carbons (Fsp3) is 0.562. The molecule has 2 heterocycles. The van der Waals surface area contributed by atoms with Gasteiger partial charge in [-0.2, -0.15) is 0 Å². The molecule has 2 aliphatic heterocycles. The minimum Gasteiger partial charge on any atom is -0.296 e. The van der Waals surface area contributed by atoms with Gasteiger partial charge in [-0.15, -0.1) is 11.6 Å². The SMILES string of the molecule is CN1NCC(N2CCN(Cc3ccc(Cl)cc3F)CC2)C(Cl)C1=O. The van der Waals surface area contributed by atoms with Gasteiger partial charge in [0.05, 0.1) is 0 Å². The Balaban J connectivity index is 1.55. The lowest BCUT2D eigenvalue weighted by Crippen LogP contribution is -2.64. The maximum absolute atomic E-state index is 13.9. The van der Waals surface area contributed by atoms with Gasteiger partial charge in [0.1, 0.15) is 11.2 Å². The molecule has 0 spiro atoms. The summed E-state index contributed by atoms with van der Waals surface area (Å²) in [5, 5.41) is 1.33. The van der Waals surface area contributed by atoms with Crippen LogP contribution in [0.3, 0.4) is 0 Å². The molecule has 24 heavy (non-hydrogen) atoms. The summed E-state index contributed by atoms with van der Waals surface area (Å²) in [5.41, 5.74) is 3.71. The van der Waals surface area contributed by atoms with Crippen LogP contribution >= 0.6 is 23.2 Å². The number of piperazine rings is 1. The van der Waals surface area contributed by atoms with Crippen LogP contribution in [0.15, 0.2) is 18.2 Å². The van der Waals surface area contributed by atoms with Crippen LogP contribution in [0.2, 0.25) is 5.02 Å². The molecule has 1 amide bonds. The topological polar surface area (TPSA) is 38.8 Å². The highest BCUT2D eigenvalue weighted by atomic mass is 35.5. The largest absolute Gasteiger partial charge is 0.296 e. The smallest absolute Gasteiger partial charge is 0.256 e. The van der Waals surface area contributed by atoms with Gasteiger partial charge < -0.3 is 0 Å². The molecule has 1 aromatic rings. The minimum atomic E-state index is -0.531. The number of nitrogens with one attached hydrogen (secondary N) is 1. The highest BCUT2D eigenvalue weighted by Crippen LogP contribution is 2.20. The van der Waals surface area contributed by atoms with Crippen molar-refractivity contribution < 1.29 is 9.18 Å². The Kier molecular flexibility index (Phi) is 5.62. The fourth-order valence-corrected chi connectivity index (χ4v) is 3.77. The Bertz CT molecular complexity index is 610. The maximum atomic E-state index is 13.9. The number of amides is 1. The lowest BCUT2D eigenvalue weighted by molar-refractivity contribution is -0.137. The van der Waals surface area contributed by atoms with Gasteiger partial charge >= 0.3 is 0 Å². The van der Waals surface area contributed by atoms with Crippen molar-refractivity contribution in [1.82, 2.24) is 20.2 Å². The zero-order valence-corrected chi connectivity index (χ0v) is 15.0. The van der Waals surface area contributed by atoms with Crippen molar-refractivity contribution in [3.63, 3.8) is 0 Å². The van der Waals surface area contributed by atoms with E-state index >= 15 is 0 Å². The zero-order valence-electron chi connectivity index (χ0n) is 13.5. The predicted octanol–water partition coefficient (Wildman–Crippen LogP) is 1.55. The normalized spacial score (nSPS) is 26.8. The van der Waals surface area contributed by atoms with Crippen LogP contribution in [0.5, 0.6) is 0 Å². The molecule has 2 saturated heterocycles. The highest BCUT2D eigenvalue weighted by molar-refractivity contribution is 6.31. The molecule has 0 aromatic heterocycles. The number of alkyl halides is 1. The second-order valence-corrected chi connectivity index (χ2v) is 7.18. The number of nitrogens with zero attached hydrogens (tertiary/aromatic N) is 3. The number of hydrazine groups is 1. The van der Waals surface area contributed by atoms with E-state index in [4.69, 9.17) is 23.2 Å². The molecule has 1 N–H and O–H groups in total. The summed E-state index contributed by atoms with van der Waals surface area (Å²) in [4.78, 5) is 16.4. The fourth-order valence-electron chi connectivity index (χ4n) is 3.22. The van der Waals surface area contributed by atoms with Gasteiger partial charge in [0.15, 0.2) is 0 Å². The average molecular weight is 375 g/mol. The lowest BCUT2D eigenvalue weighted by atomic mass is 10.1. The molecule has 2 atom stereocenters. The van der Waals surface area contributed by atoms with Gasteiger partial charge in [-0.25, -0.2) is 9.82 Å². The standard InChI is InChI=1S/C16H21Cl2FN4O/c1-21-16(24)15(18)14(9-20-21)23-6-4-22(5-7-23)10-11-2-3-12(17)8-13(11)19/h2-3,8,14-15,20H,4-7,9-10H2,1H3. The van der Waals surface area contributed by atoms with E-state index in [1.807, 2.05) is 0 Å². The van der Waals surface area contributed by atoms with Crippen molar-refractivity contribution in [2.45, 2.75) is 18.0 Å². The van der Waals surface area contributed by atoms with E-state index in [0.717, 1.165) is 26.2 Å². The first-order valence-electron chi connectivity index (χ1n) is 8.01. The molecule has 2 aliphatic rings. The van der Waals surface area contributed by atoms with E-state index in [1.54, 1.807) is 19.2 Å². The van der Waals surface area contributed by atoms with Crippen LogP contribution in [-0.4, -0.2) is 71.9 Å². The van der Waals surface area contributed by atoms with E-state index in [-0.39, 0.29) is 17.8 Å². The van der Waals surface area contributed by atoms with Crippen molar-refractivity contribution in [1.29, 1.82) is 0 Å². The Hall–Kier alpha value is -0.920. The predicted molar refractivity (Wildman–Crippen MR) is 92.5 cm³/mol. The highest BCUT2D eigenvalue weighted by Gasteiger charge is 2.38. The van der Waals surface area contributed by atoms with Gasteiger partial charge in [0, 0.05) is 62.9 Å². The molecule has 5 nitrogen and oxygen atoms in total. The van der Waals surface area contributed by atoms with Gasteiger partial charge in [-0.1, -0.05) is 17.7 Å². The number of hydrogen-bond donors (Lipinski definition) is 1. The van der Waals surface area contributed by atoms with Crippen LogP contribution in [-0.2, 0) is 11.3 Å². The van der Waals surface area contributed by atoms with Gasteiger partial charge in [-0.05, 0) is 12.1 Å². The number of hydrogen-bond acceptors (Lipinski definition) is 4. The van der Waals surface area contributed by atoms with Crippen LogP contribution in [0.1, 0.15) is 5.56 Å². The van der Waals surface area contributed by atoms with Crippen molar-refractivity contribution in [3.8, 4) is 0 Å². The number of carbonyl (C=O) groups excluding carboxylic acids is 1. The maximum Gasteiger partial charge on any atom is 0.256 e. The molecular weight excluding hydrogens is 354 g/mol. The summed E-state index contributed by atoms with van der Waals surface area (Å²) in [6.07, 6.45) is 0. The van der Waals surface area contributed by atoms with Gasteiger partial charge in [0.25, 0.3) is 5.91 Å². The second-order valence-electron chi connectivity index (χ2n) is 6.28. The third kappa shape index (κ3) is 3.83. The quantitative estimate of drug-likeness (QED) is 0.814. The molecule has 2 fully saturated rings. The third-order valence-corrected chi connectivity index (χ3v) is 5.44. The molecule has 0 saturated carbocycles. The first kappa shape index (κ1) is 17.9. The van der Waals surface area contributed by atoms with E-state index in [0.29, 0.717) is 23.7 Å². The van der Waals surface area contributed by atoms with Crippen molar-refractivity contribution >= 4 is 29.1 Å². The average Bonchev–Trinajstić information content (AvgIpc) is 2.56. The van der Waals surface area contributed by atoms with Gasteiger partial charge in [0.2, 0.25) is 0 Å². The summed E-state index contributed by atoms with van der Waals surface area (Å²) in [6.45, 7) is 4.45.